The van der Waals surface area contributed by atoms with Gasteiger partial charge in [0.15, 0.2) is 0 Å². The van der Waals surface area contributed by atoms with Gasteiger partial charge in [0.2, 0.25) is 0 Å². The lowest BCUT2D eigenvalue weighted by atomic mass is 10.00. The van der Waals surface area contributed by atoms with Crippen LogP contribution in [0.1, 0.15) is 30.0 Å². The van der Waals surface area contributed by atoms with Crippen molar-refractivity contribution in [1.29, 1.82) is 0 Å². The first-order valence-electron chi connectivity index (χ1n) is 5.01. The summed E-state index contributed by atoms with van der Waals surface area (Å²) in [6.07, 6.45) is 5.11. The molecule has 1 heteroatoms. The predicted octanol–water partition coefficient (Wildman–Crippen LogP) is 3.50. The third kappa shape index (κ3) is 1.96. The van der Waals surface area contributed by atoms with Crippen molar-refractivity contribution in [2.75, 3.05) is 0 Å². The van der Waals surface area contributed by atoms with Gasteiger partial charge in [-0.1, -0.05) is 41.1 Å². The second kappa shape index (κ2) is 3.83. The van der Waals surface area contributed by atoms with Crippen molar-refractivity contribution in [3.63, 3.8) is 0 Å². The minimum atomic E-state index is 0.597. The van der Waals surface area contributed by atoms with E-state index in [-0.39, 0.29) is 0 Å². The van der Waals surface area contributed by atoms with Crippen molar-refractivity contribution in [3.8, 4) is 0 Å². The Labute approximate surface area is 88.5 Å². The van der Waals surface area contributed by atoms with Crippen LogP contribution in [0.25, 0.3) is 0 Å². The van der Waals surface area contributed by atoms with Crippen LogP contribution in [0.3, 0.4) is 0 Å². The van der Waals surface area contributed by atoms with Crippen molar-refractivity contribution in [2.24, 2.45) is 0 Å². The summed E-state index contributed by atoms with van der Waals surface area (Å²) >= 11 is 3.62. The zero-order valence-corrected chi connectivity index (χ0v) is 9.60. The van der Waals surface area contributed by atoms with E-state index in [2.05, 4.69) is 41.1 Å². The minimum absolute atomic E-state index is 0.597. The largest absolute Gasteiger partial charge is 0.0890 e. The fourth-order valence-corrected chi connectivity index (χ4v) is 2.54. The maximum atomic E-state index is 3.62. The molecule has 13 heavy (non-hydrogen) atoms. The predicted molar refractivity (Wildman–Crippen MR) is 60.6 cm³/mol. The fourth-order valence-electron chi connectivity index (χ4n) is 2.19. The van der Waals surface area contributed by atoms with Crippen molar-refractivity contribution in [1.82, 2.24) is 0 Å². The summed E-state index contributed by atoms with van der Waals surface area (Å²) in [7, 11) is 0. The molecule has 1 atom stereocenters. The molecule has 0 radical (unpaired) electrons. The van der Waals surface area contributed by atoms with Crippen molar-refractivity contribution in [3.05, 3.63) is 34.9 Å². The molecule has 0 heterocycles. The first-order valence-corrected chi connectivity index (χ1v) is 5.92. The van der Waals surface area contributed by atoms with Crippen LogP contribution in [-0.2, 0) is 19.3 Å². The lowest BCUT2D eigenvalue weighted by Crippen LogP contribution is -2.00. The van der Waals surface area contributed by atoms with Crippen LogP contribution in [0.2, 0.25) is 0 Å². The topological polar surface area (TPSA) is 0 Å². The third-order valence-corrected chi connectivity index (χ3v) is 3.07. The van der Waals surface area contributed by atoms with E-state index in [9.17, 15) is 0 Å². The van der Waals surface area contributed by atoms with Gasteiger partial charge in [-0.15, -0.1) is 0 Å². The second-order valence-corrected chi connectivity index (χ2v) is 5.46. The van der Waals surface area contributed by atoms with Crippen LogP contribution in [0.5, 0.6) is 0 Å². The molecule has 0 bridgehead atoms. The third-order valence-electron chi connectivity index (χ3n) is 2.74. The molecule has 1 aromatic carbocycles. The van der Waals surface area contributed by atoms with Gasteiger partial charge < -0.3 is 0 Å². The molecular weight excluding hydrogens is 224 g/mol. The van der Waals surface area contributed by atoms with Crippen LogP contribution in [0, 0.1) is 0 Å². The maximum absolute atomic E-state index is 3.62. The molecule has 70 valence electrons. The lowest BCUT2D eigenvalue weighted by molar-refractivity contribution is 0.893. The van der Waals surface area contributed by atoms with E-state index in [1.165, 1.54) is 25.7 Å². The minimum Gasteiger partial charge on any atom is -0.0890 e. The van der Waals surface area contributed by atoms with Crippen LogP contribution in [-0.4, -0.2) is 4.83 Å². The monoisotopic (exact) mass is 238 g/mol. The van der Waals surface area contributed by atoms with Gasteiger partial charge in [0, 0.05) is 4.83 Å². The van der Waals surface area contributed by atoms with E-state index in [0.717, 1.165) is 0 Å². The highest BCUT2D eigenvalue weighted by Gasteiger charge is 2.14. The molecule has 0 N–H and O–H groups in total. The molecule has 2 rings (SSSR count). The summed E-state index contributed by atoms with van der Waals surface area (Å²) in [5.74, 6) is 0. The van der Waals surface area contributed by atoms with Crippen molar-refractivity contribution in [2.45, 2.75) is 37.4 Å². The van der Waals surface area contributed by atoms with Gasteiger partial charge in [0.25, 0.3) is 0 Å². The van der Waals surface area contributed by atoms with Crippen LogP contribution >= 0.6 is 15.9 Å². The molecule has 0 saturated heterocycles. The molecule has 1 aliphatic carbocycles. The molecule has 1 aliphatic rings. The average molecular weight is 239 g/mol. The zero-order valence-electron chi connectivity index (χ0n) is 8.02. The highest BCUT2D eigenvalue weighted by atomic mass is 79.9. The quantitative estimate of drug-likeness (QED) is 0.693. The summed E-state index contributed by atoms with van der Waals surface area (Å²) in [6.45, 7) is 2.22. The molecule has 1 aromatic rings. The van der Waals surface area contributed by atoms with E-state index in [1.807, 2.05) is 0 Å². The van der Waals surface area contributed by atoms with Gasteiger partial charge >= 0.3 is 0 Å². The number of aryl methyl sites for hydroxylation is 1. The summed E-state index contributed by atoms with van der Waals surface area (Å²) < 4.78 is 0. The molecule has 0 saturated carbocycles. The molecule has 0 aliphatic heterocycles. The molecular formula is C12H15Br. The number of halogens is 1. The van der Waals surface area contributed by atoms with Gasteiger partial charge in [-0.2, -0.15) is 0 Å². The number of alkyl halides is 1. The smallest absolute Gasteiger partial charge is 0.0158 e. The highest BCUT2D eigenvalue weighted by Crippen LogP contribution is 2.26. The SMILES string of the molecule is CC(Br)Cc1cccc2c1CCC2. The summed E-state index contributed by atoms with van der Waals surface area (Å²) in [5, 5.41) is 0. The van der Waals surface area contributed by atoms with Gasteiger partial charge in [-0.3, -0.25) is 0 Å². The van der Waals surface area contributed by atoms with Gasteiger partial charge in [0.05, 0.1) is 0 Å². The molecule has 0 fully saturated rings. The maximum Gasteiger partial charge on any atom is 0.0158 e. The Kier molecular flexibility index (Phi) is 2.73. The van der Waals surface area contributed by atoms with E-state index in [1.54, 1.807) is 16.7 Å². The Hall–Kier alpha value is -0.300. The molecule has 0 nitrogen and oxygen atoms in total. The average Bonchev–Trinajstić information content (AvgIpc) is 2.51. The first-order chi connectivity index (χ1) is 6.27. The van der Waals surface area contributed by atoms with Crippen LogP contribution in [0.4, 0.5) is 0 Å². The molecule has 1 unspecified atom stereocenters. The Morgan fingerprint density at radius 2 is 2.23 bits per heavy atom. The van der Waals surface area contributed by atoms with Gasteiger partial charge in [0.1, 0.15) is 0 Å². The molecule has 0 aromatic heterocycles. The Morgan fingerprint density at radius 1 is 1.38 bits per heavy atom. The second-order valence-electron chi connectivity index (χ2n) is 3.89. The van der Waals surface area contributed by atoms with Gasteiger partial charge in [-0.05, 0) is 42.4 Å². The highest BCUT2D eigenvalue weighted by molar-refractivity contribution is 9.09. The van der Waals surface area contributed by atoms with Crippen LogP contribution in [0.15, 0.2) is 18.2 Å². The first kappa shape index (κ1) is 9.26. The normalized spacial score (nSPS) is 17.1. The number of hydrogen-bond donors (Lipinski definition) is 0. The molecule has 0 amide bonds. The van der Waals surface area contributed by atoms with Crippen molar-refractivity contribution >= 4 is 15.9 Å². The standard InChI is InChI=1S/C12H15Br/c1-9(13)8-11-6-2-4-10-5-3-7-12(10)11/h2,4,6,9H,3,5,7-8H2,1H3. The van der Waals surface area contributed by atoms with Gasteiger partial charge in [-0.25, -0.2) is 0 Å². The fraction of sp³-hybridized carbons (Fsp3) is 0.500. The summed E-state index contributed by atoms with van der Waals surface area (Å²) in [5.41, 5.74) is 4.78. The Balaban J connectivity index is 2.30. The number of rotatable bonds is 2. The van der Waals surface area contributed by atoms with E-state index in [4.69, 9.17) is 0 Å². The Bertz CT molecular complexity index is 302. The molecule has 0 spiro atoms. The summed E-state index contributed by atoms with van der Waals surface area (Å²) in [4.78, 5) is 0.597. The Morgan fingerprint density at radius 3 is 3.00 bits per heavy atom. The number of hydrogen-bond acceptors (Lipinski definition) is 0. The van der Waals surface area contributed by atoms with Crippen molar-refractivity contribution < 1.29 is 0 Å². The zero-order chi connectivity index (χ0) is 9.26. The number of benzene rings is 1. The van der Waals surface area contributed by atoms with E-state index < -0.39 is 0 Å². The lowest BCUT2D eigenvalue weighted by Gasteiger charge is -2.09. The summed E-state index contributed by atoms with van der Waals surface area (Å²) in [6, 6.07) is 6.77. The number of fused-ring (bicyclic) bond motifs is 1. The van der Waals surface area contributed by atoms with E-state index >= 15 is 0 Å². The van der Waals surface area contributed by atoms with Crippen LogP contribution < -0.4 is 0 Å². The van der Waals surface area contributed by atoms with E-state index in [0.29, 0.717) is 4.83 Å².